The zero-order valence-corrected chi connectivity index (χ0v) is 8.28. The zero-order chi connectivity index (χ0) is 10.3. The highest BCUT2D eigenvalue weighted by Gasteiger charge is 2.11. The maximum atomic E-state index is 11.3. The molecule has 2 aromatic rings. The van der Waals surface area contributed by atoms with Crippen molar-refractivity contribution in [2.45, 2.75) is 0 Å². The summed E-state index contributed by atoms with van der Waals surface area (Å²) in [7, 11) is 0. The highest BCUT2D eigenvalue weighted by Crippen LogP contribution is 2.13. The van der Waals surface area contributed by atoms with Crippen LogP contribution in [0.2, 0.25) is 0 Å². The van der Waals surface area contributed by atoms with Crippen molar-refractivity contribution in [3.05, 3.63) is 32.8 Å². The molecule has 7 heteroatoms. The van der Waals surface area contributed by atoms with Gasteiger partial charge in [-0.2, -0.15) is 0 Å². The molecule has 0 aromatic carbocycles. The van der Waals surface area contributed by atoms with E-state index in [0.717, 1.165) is 10.6 Å². The lowest BCUT2D eigenvalue weighted by Crippen LogP contribution is -2.17. The highest BCUT2D eigenvalue weighted by molar-refractivity contribution is 9.10. The number of aromatic nitrogens is 3. The van der Waals surface area contributed by atoms with E-state index >= 15 is 0 Å². The predicted molar refractivity (Wildman–Crippen MR) is 50.5 cm³/mol. The second-order valence-electron chi connectivity index (χ2n) is 2.57. The molecule has 0 aliphatic rings. The summed E-state index contributed by atoms with van der Waals surface area (Å²) >= 11 is 3.14. The molecular formula is C7H4BrN3O3. The summed E-state index contributed by atoms with van der Waals surface area (Å²) in [4.78, 5) is 25.7. The van der Waals surface area contributed by atoms with E-state index in [1.807, 2.05) is 0 Å². The Labute approximate surface area is 85.3 Å². The monoisotopic (exact) mass is 257 g/mol. The van der Waals surface area contributed by atoms with Gasteiger partial charge in [-0.1, -0.05) is 0 Å². The van der Waals surface area contributed by atoms with Crippen LogP contribution in [0.5, 0.6) is 0 Å². The summed E-state index contributed by atoms with van der Waals surface area (Å²) in [6.07, 6.45) is 1.51. The molecule has 2 N–H and O–H groups in total. The molecule has 0 aliphatic heterocycles. The van der Waals surface area contributed by atoms with Gasteiger partial charge in [-0.3, -0.25) is 9.89 Å². The number of hydrogen-bond acceptors (Lipinski definition) is 3. The SMILES string of the molecule is O=C(O)c1cc(=O)n2[nH]cc(Br)c2n1. The van der Waals surface area contributed by atoms with Crippen molar-refractivity contribution in [1.82, 2.24) is 14.6 Å². The average Bonchev–Trinajstić information content (AvgIpc) is 2.48. The number of aromatic amines is 1. The number of rotatable bonds is 1. The van der Waals surface area contributed by atoms with Crippen LogP contribution >= 0.6 is 15.9 Å². The van der Waals surface area contributed by atoms with Crippen molar-refractivity contribution in [3.63, 3.8) is 0 Å². The number of carboxylic acid groups (broad SMARTS) is 1. The van der Waals surface area contributed by atoms with Gasteiger partial charge >= 0.3 is 5.97 Å². The number of halogens is 1. The van der Waals surface area contributed by atoms with Gasteiger partial charge < -0.3 is 5.11 Å². The van der Waals surface area contributed by atoms with E-state index < -0.39 is 11.5 Å². The third-order valence-corrected chi connectivity index (χ3v) is 2.26. The second kappa shape index (κ2) is 2.95. The molecule has 0 unspecified atom stereocenters. The number of hydrogen-bond donors (Lipinski definition) is 2. The van der Waals surface area contributed by atoms with E-state index in [1.165, 1.54) is 6.20 Å². The van der Waals surface area contributed by atoms with Gasteiger partial charge in [0.15, 0.2) is 11.3 Å². The van der Waals surface area contributed by atoms with E-state index in [1.54, 1.807) is 0 Å². The molecule has 2 aromatic heterocycles. The molecule has 0 saturated carbocycles. The van der Waals surface area contributed by atoms with Crippen LogP contribution in [0.15, 0.2) is 21.5 Å². The van der Waals surface area contributed by atoms with Gasteiger partial charge in [0.25, 0.3) is 5.56 Å². The van der Waals surface area contributed by atoms with Gasteiger partial charge in [0.05, 0.1) is 4.47 Å². The van der Waals surface area contributed by atoms with E-state index in [9.17, 15) is 9.59 Å². The van der Waals surface area contributed by atoms with Crippen LogP contribution in [0.4, 0.5) is 0 Å². The number of aromatic carboxylic acids is 1. The summed E-state index contributed by atoms with van der Waals surface area (Å²) in [6, 6.07) is 0.957. The third kappa shape index (κ3) is 1.22. The van der Waals surface area contributed by atoms with E-state index in [0.29, 0.717) is 4.47 Å². The summed E-state index contributed by atoms with van der Waals surface area (Å²) in [5.74, 6) is -1.22. The molecule has 6 nitrogen and oxygen atoms in total. The molecule has 0 bridgehead atoms. The van der Waals surface area contributed by atoms with E-state index in [4.69, 9.17) is 5.11 Å². The summed E-state index contributed by atoms with van der Waals surface area (Å²) in [5.41, 5.74) is -0.469. The summed E-state index contributed by atoms with van der Waals surface area (Å²) in [6.45, 7) is 0. The Hall–Kier alpha value is -1.63. The smallest absolute Gasteiger partial charge is 0.354 e. The first-order valence-electron chi connectivity index (χ1n) is 3.59. The Bertz CT molecular complexity index is 571. The van der Waals surface area contributed by atoms with Crippen LogP contribution in [0, 0.1) is 0 Å². The number of carboxylic acids is 1. The Morgan fingerprint density at radius 1 is 1.64 bits per heavy atom. The van der Waals surface area contributed by atoms with Gasteiger partial charge in [-0.25, -0.2) is 14.3 Å². The molecule has 72 valence electrons. The highest BCUT2D eigenvalue weighted by atomic mass is 79.9. The Morgan fingerprint density at radius 2 is 2.36 bits per heavy atom. The molecule has 0 amide bonds. The van der Waals surface area contributed by atoms with E-state index in [2.05, 4.69) is 26.0 Å². The van der Waals surface area contributed by atoms with Crippen LogP contribution in [0.1, 0.15) is 10.5 Å². The molecule has 0 atom stereocenters. The van der Waals surface area contributed by atoms with Crippen molar-refractivity contribution in [2.75, 3.05) is 0 Å². The number of nitrogens with zero attached hydrogens (tertiary/aromatic N) is 2. The lowest BCUT2D eigenvalue weighted by Gasteiger charge is -1.94. The maximum Gasteiger partial charge on any atom is 0.354 e. The number of carbonyl (C=O) groups is 1. The lowest BCUT2D eigenvalue weighted by atomic mass is 10.4. The Morgan fingerprint density at radius 3 is 3.00 bits per heavy atom. The van der Waals surface area contributed by atoms with Gasteiger partial charge in [0.2, 0.25) is 0 Å². The first-order chi connectivity index (χ1) is 6.59. The van der Waals surface area contributed by atoms with Gasteiger partial charge in [0, 0.05) is 12.3 Å². The number of H-pyrrole nitrogens is 1. The molecule has 0 radical (unpaired) electrons. The largest absolute Gasteiger partial charge is 0.477 e. The standard InChI is InChI=1S/C7H4BrN3O3/c8-3-2-9-11-5(12)1-4(7(13)14)10-6(3)11/h1-2,9H,(H,13,14). The van der Waals surface area contributed by atoms with Crippen molar-refractivity contribution in [2.24, 2.45) is 0 Å². The fourth-order valence-corrected chi connectivity index (χ4v) is 1.43. The average molecular weight is 258 g/mol. The number of nitrogens with one attached hydrogen (secondary N) is 1. The van der Waals surface area contributed by atoms with E-state index in [-0.39, 0.29) is 11.3 Å². The van der Waals surface area contributed by atoms with Gasteiger partial charge in [-0.15, -0.1) is 0 Å². The first-order valence-corrected chi connectivity index (χ1v) is 4.39. The Kier molecular flexibility index (Phi) is 1.88. The Balaban J connectivity index is 2.89. The third-order valence-electron chi connectivity index (χ3n) is 1.67. The summed E-state index contributed by atoms with van der Waals surface area (Å²) in [5, 5.41) is 11.3. The minimum atomic E-state index is -1.22. The minimum absolute atomic E-state index is 0.259. The first kappa shape index (κ1) is 8.95. The van der Waals surface area contributed by atoms with Crippen LogP contribution in [0.25, 0.3) is 5.65 Å². The molecular weight excluding hydrogens is 254 g/mol. The molecule has 0 aliphatic carbocycles. The molecule has 14 heavy (non-hydrogen) atoms. The quantitative estimate of drug-likeness (QED) is 0.778. The molecule has 2 rings (SSSR count). The fraction of sp³-hybridized carbons (Fsp3) is 0. The van der Waals surface area contributed by atoms with Crippen molar-refractivity contribution in [3.8, 4) is 0 Å². The van der Waals surface area contributed by atoms with Crippen molar-refractivity contribution >= 4 is 27.5 Å². The van der Waals surface area contributed by atoms with Gasteiger partial charge in [-0.05, 0) is 15.9 Å². The second-order valence-corrected chi connectivity index (χ2v) is 3.42. The predicted octanol–water partition coefficient (Wildman–Crippen LogP) is 0.483. The molecule has 2 heterocycles. The maximum absolute atomic E-state index is 11.3. The van der Waals surface area contributed by atoms with Crippen LogP contribution in [-0.4, -0.2) is 25.7 Å². The molecule has 0 saturated heterocycles. The van der Waals surface area contributed by atoms with Crippen LogP contribution in [-0.2, 0) is 0 Å². The zero-order valence-electron chi connectivity index (χ0n) is 6.69. The van der Waals surface area contributed by atoms with Crippen molar-refractivity contribution < 1.29 is 9.90 Å². The molecule has 0 fully saturated rings. The van der Waals surface area contributed by atoms with Crippen molar-refractivity contribution in [1.29, 1.82) is 0 Å². The minimum Gasteiger partial charge on any atom is -0.477 e. The normalized spacial score (nSPS) is 10.6. The molecule has 0 spiro atoms. The number of fused-ring (bicyclic) bond motifs is 1. The van der Waals surface area contributed by atoms with Crippen LogP contribution in [0.3, 0.4) is 0 Å². The summed E-state index contributed by atoms with van der Waals surface area (Å²) < 4.78 is 1.69. The topological polar surface area (TPSA) is 87.5 Å². The lowest BCUT2D eigenvalue weighted by molar-refractivity contribution is 0.0690. The van der Waals surface area contributed by atoms with Crippen LogP contribution < -0.4 is 5.56 Å². The fourth-order valence-electron chi connectivity index (χ4n) is 1.06. The van der Waals surface area contributed by atoms with Gasteiger partial charge in [0.1, 0.15) is 0 Å².